The molecule has 1 aliphatic heterocycles. The topological polar surface area (TPSA) is 104 Å². The Hall–Kier alpha value is -5.29. The predicted octanol–water partition coefficient (Wildman–Crippen LogP) is 7.03. The molecular formula is C48H60N4O5Si. The third-order valence-electron chi connectivity index (χ3n) is 10.9. The van der Waals surface area contributed by atoms with Crippen LogP contribution in [0.3, 0.4) is 0 Å². The van der Waals surface area contributed by atoms with Crippen molar-refractivity contribution in [2.24, 2.45) is 0 Å². The number of ether oxygens (including phenoxy) is 2. The number of carbonyl (C=O) groups is 1. The molecule has 10 heteroatoms. The van der Waals surface area contributed by atoms with E-state index >= 15 is 0 Å². The summed E-state index contributed by atoms with van der Waals surface area (Å²) in [5.74, 6) is 2.32. The van der Waals surface area contributed by atoms with E-state index in [0.29, 0.717) is 24.9 Å². The summed E-state index contributed by atoms with van der Waals surface area (Å²) in [6.07, 6.45) is 2.79. The van der Waals surface area contributed by atoms with Crippen LogP contribution in [-0.4, -0.2) is 82.9 Å². The van der Waals surface area contributed by atoms with Gasteiger partial charge in [0, 0.05) is 37.9 Å². The highest BCUT2D eigenvalue weighted by molar-refractivity contribution is 7.00. The highest BCUT2D eigenvalue weighted by Gasteiger charge is 2.52. The fraction of sp³-hybridized carbons (Fsp3) is 0.354. The van der Waals surface area contributed by atoms with Gasteiger partial charge in [0.2, 0.25) is 0 Å². The normalized spacial score (nSPS) is 14.1. The Morgan fingerprint density at radius 2 is 1.38 bits per heavy atom. The molecule has 5 aromatic rings. The SMILES string of the molecule is COc1cccc(CCNC(=O)N2CCC(Nc3ccc(CCNC[C@H](O)COc4ccc(O[Si](c5ccccc5)(c5ccccc5)C(C)(C)C)cc4)cc3)CC2)c1. The summed E-state index contributed by atoms with van der Waals surface area (Å²) in [4.78, 5) is 14.6. The molecule has 0 bridgehead atoms. The van der Waals surface area contributed by atoms with Gasteiger partial charge in [-0.15, -0.1) is 0 Å². The van der Waals surface area contributed by atoms with Gasteiger partial charge in [-0.25, -0.2) is 4.79 Å². The maximum Gasteiger partial charge on any atom is 0.319 e. The number of benzene rings is 5. The van der Waals surface area contributed by atoms with Gasteiger partial charge in [-0.05, 0) is 107 Å². The number of urea groups is 1. The van der Waals surface area contributed by atoms with Crippen LogP contribution in [0.15, 0.2) is 133 Å². The summed E-state index contributed by atoms with van der Waals surface area (Å²) in [6.45, 7) is 10.2. The van der Waals surface area contributed by atoms with E-state index in [2.05, 4.69) is 110 Å². The molecule has 58 heavy (non-hydrogen) atoms. The van der Waals surface area contributed by atoms with E-state index in [-0.39, 0.29) is 17.7 Å². The van der Waals surface area contributed by atoms with Gasteiger partial charge in [-0.1, -0.05) is 106 Å². The molecule has 1 atom stereocenters. The van der Waals surface area contributed by atoms with Gasteiger partial charge in [0.25, 0.3) is 0 Å². The summed E-state index contributed by atoms with van der Waals surface area (Å²) in [6, 6.07) is 45.8. The van der Waals surface area contributed by atoms with E-state index in [9.17, 15) is 9.90 Å². The molecule has 5 aromatic carbocycles. The number of amides is 2. The van der Waals surface area contributed by atoms with E-state index in [4.69, 9.17) is 13.9 Å². The van der Waals surface area contributed by atoms with Gasteiger partial charge < -0.3 is 39.9 Å². The van der Waals surface area contributed by atoms with Crippen LogP contribution in [0.25, 0.3) is 0 Å². The van der Waals surface area contributed by atoms with Crippen molar-refractivity contribution in [3.05, 3.63) is 145 Å². The first-order valence-electron chi connectivity index (χ1n) is 20.6. The maximum atomic E-state index is 12.7. The van der Waals surface area contributed by atoms with E-state index in [1.807, 2.05) is 65.6 Å². The third-order valence-corrected chi connectivity index (χ3v) is 15.8. The van der Waals surface area contributed by atoms with Crippen LogP contribution >= 0.6 is 0 Å². The number of hydrogen-bond donors (Lipinski definition) is 4. The summed E-state index contributed by atoms with van der Waals surface area (Å²) in [7, 11) is -1.06. The van der Waals surface area contributed by atoms with Crippen LogP contribution in [0.1, 0.15) is 44.7 Å². The van der Waals surface area contributed by atoms with Crippen molar-refractivity contribution in [1.29, 1.82) is 0 Å². The zero-order valence-electron chi connectivity index (χ0n) is 34.5. The van der Waals surface area contributed by atoms with Gasteiger partial charge in [0.05, 0.1) is 7.11 Å². The fourth-order valence-electron chi connectivity index (χ4n) is 7.67. The Bertz CT molecular complexity index is 1940. The van der Waals surface area contributed by atoms with E-state index in [1.54, 1.807) is 7.11 Å². The summed E-state index contributed by atoms with van der Waals surface area (Å²) in [5.41, 5.74) is 3.46. The molecular weight excluding hydrogens is 741 g/mol. The van der Waals surface area contributed by atoms with E-state index in [0.717, 1.165) is 68.1 Å². The quantitative estimate of drug-likeness (QED) is 0.0558. The van der Waals surface area contributed by atoms with Crippen LogP contribution in [0, 0.1) is 0 Å². The first kappa shape index (κ1) is 42.3. The summed E-state index contributed by atoms with van der Waals surface area (Å²) >= 11 is 0. The number of aliphatic hydroxyl groups excluding tert-OH is 1. The molecule has 4 N–H and O–H groups in total. The predicted molar refractivity (Wildman–Crippen MR) is 238 cm³/mol. The molecule has 0 saturated carbocycles. The molecule has 1 aliphatic rings. The van der Waals surface area contributed by atoms with Crippen molar-refractivity contribution in [2.75, 3.05) is 51.8 Å². The van der Waals surface area contributed by atoms with E-state index in [1.165, 1.54) is 15.9 Å². The molecule has 0 aliphatic carbocycles. The Morgan fingerprint density at radius 1 is 0.759 bits per heavy atom. The van der Waals surface area contributed by atoms with Gasteiger partial charge in [0.1, 0.15) is 30.0 Å². The largest absolute Gasteiger partial charge is 0.534 e. The fourth-order valence-corrected chi connectivity index (χ4v) is 12.1. The van der Waals surface area contributed by atoms with Crippen LogP contribution in [0.2, 0.25) is 5.04 Å². The molecule has 1 saturated heterocycles. The Morgan fingerprint density at radius 3 is 2.00 bits per heavy atom. The highest BCUT2D eigenvalue weighted by atomic mass is 28.4. The number of nitrogens with one attached hydrogen (secondary N) is 3. The molecule has 2 amide bonds. The van der Waals surface area contributed by atoms with Gasteiger partial charge in [-0.2, -0.15) is 0 Å². The van der Waals surface area contributed by atoms with Crippen LogP contribution in [0.5, 0.6) is 17.2 Å². The Labute approximate surface area is 345 Å². The zero-order chi connectivity index (χ0) is 40.8. The Balaban J connectivity index is 0.878. The second kappa shape index (κ2) is 20.4. The van der Waals surface area contributed by atoms with Crippen molar-refractivity contribution in [3.63, 3.8) is 0 Å². The number of anilines is 1. The molecule has 0 radical (unpaired) electrons. The molecule has 9 nitrogen and oxygen atoms in total. The van der Waals surface area contributed by atoms with Crippen LogP contribution in [-0.2, 0) is 12.8 Å². The Kier molecular flexibility index (Phi) is 14.9. The van der Waals surface area contributed by atoms with Gasteiger partial charge in [0.15, 0.2) is 0 Å². The number of methoxy groups -OCH3 is 1. The minimum absolute atomic E-state index is 0.00268. The van der Waals surface area contributed by atoms with Crippen LogP contribution in [0.4, 0.5) is 10.5 Å². The number of aliphatic hydroxyl groups is 1. The van der Waals surface area contributed by atoms with Crippen molar-refractivity contribution < 1.29 is 23.8 Å². The molecule has 6 rings (SSSR count). The minimum atomic E-state index is -2.72. The number of rotatable bonds is 18. The lowest BCUT2D eigenvalue weighted by Crippen LogP contribution is -2.68. The lowest BCUT2D eigenvalue weighted by molar-refractivity contribution is 0.106. The highest BCUT2D eigenvalue weighted by Crippen LogP contribution is 2.38. The molecule has 1 fully saturated rings. The van der Waals surface area contributed by atoms with Crippen molar-refractivity contribution >= 4 is 30.4 Å². The average molecular weight is 801 g/mol. The molecule has 0 unspecified atom stereocenters. The number of piperidine rings is 1. The lowest BCUT2D eigenvalue weighted by Gasteiger charge is -2.43. The van der Waals surface area contributed by atoms with Crippen molar-refractivity contribution in [1.82, 2.24) is 15.5 Å². The summed E-state index contributed by atoms with van der Waals surface area (Å²) in [5, 5.41) is 23.0. The van der Waals surface area contributed by atoms with Gasteiger partial charge >= 0.3 is 14.3 Å². The molecule has 306 valence electrons. The maximum absolute atomic E-state index is 12.7. The van der Waals surface area contributed by atoms with Gasteiger partial charge in [-0.3, -0.25) is 0 Å². The third kappa shape index (κ3) is 11.4. The monoisotopic (exact) mass is 800 g/mol. The molecule has 1 heterocycles. The minimum Gasteiger partial charge on any atom is -0.534 e. The van der Waals surface area contributed by atoms with Crippen molar-refractivity contribution in [3.8, 4) is 17.2 Å². The second-order valence-corrected chi connectivity index (χ2v) is 20.3. The number of hydrogen-bond acceptors (Lipinski definition) is 7. The lowest BCUT2D eigenvalue weighted by atomic mass is 10.0. The smallest absolute Gasteiger partial charge is 0.319 e. The standard InChI is InChI=1S/C48H60N4O5Si/c1-48(2,3)58(45-14-7-5-8-15-45,46-16-9-6-10-17-46)57-43-24-22-42(23-25-43)56-36-41(53)35-49-30-26-37-18-20-39(21-19-37)51-40-28-32-52(33-29-40)47(54)50-31-27-38-12-11-13-44(34-38)55-4/h5-25,34,40-41,49,51,53H,26-33,35-36H2,1-4H3,(H,50,54)/t41-/m0/s1. The first-order chi connectivity index (χ1) is 28.1. The van der Waals surface area contributed by atoms with Crippen LogP contribution < -0.4 is 40.2 Å². The second-order valence-electron chi connectivity index (χ2n) is 16.1. The summed E-state index contributed by atoms with van der Waals surface area (Å²) < 4.78 is 18.4. The number of nitrogens with zero attached hydrogens (tertiary/aromatic N) is 1. The number of likely N-dealkylation sites (tertiary alicyclic amines) is 1. The zero-order valence-corrected chi connectivity index (χ0v) is 35.5. The number of carbonyl (C=O) groups excluding carboxylic acids is 1. The first-order valence-corrected chi connectivity index (χ1v) is 22.5. The average Bonchev–Trinajstić information content (AvgIpc) is 3.25. The molecule has 0 spiro atoms. The van der Waals surface area contributed by atoms with Crippen molar-refractivity contribution in [2.45, 2.75) is 63.6 Å². The molecule has 0 aromatic heterocycles. The van der Waals surface area contributed by atoms with E-state index < -0.39 is 14.4 Å².